The smallest absolute Gasteiger partial charge is 0.264 e. The van der Waals surface area contributed by atoms with E-state index in [0.29, 0.717) is 17.1 Å². The van der Waals surface area contributed by atoms with Crippen LogP contribution in [0.2, 0.25) is 5.02 Å². The average molecular weight is 636 g/mol. The van der Waals surface area contributed by atoms with Gasteiger partial charge in [0.2, 0.25) is 11.8 Å². The van der Waals surface area contributed by atoms with E-state index < -0.39 is 34.3 Å². The van der Waals surface area contributed by atoms with Gasteiger partial charge in [-0.1, -0.05) is 92.2 Å². The topological polar surface area (TPSA) is 86.8 Å². The Bertz CT molecular complexity index is 1650. The molecular weight excluding hydrogens is 601 g/mol. The first-order chi connectivity index (χ1) is 21.1. The summed E-state index contributed by atoms with van der Waals surface area (Å²) >= 11 is 6.51. The summed E-state index contributed by atoms with van der Waals surface area (Å²) < 4.78 is 42.5. The van der Waals surface area contributed by atoms with Crippen LogP contribution in [-0.4, -0.2) is 44.3 Å². The summed E-state index contributed by atoms with van der Waals surface area (Å²) in [5.41, 5.74) is 1.67. The first kappa shape index (κ1) is 32.7. The summed E-state index contributed by atoms with van der Waals surface area (Å²) in [6, 6.07) is 27.9. The van der Waals surface area contributed by atoms with Gasteiger partial charge in [0, 0.05) is 24.5 Å². The molecule has 0 saturated carbocycles. The quantitative estimate of drug-likeness (QED) is 0.193. The van der Waals surface area contributed by atoms with Gasteiger partial charge in [0.15, 0.2) is 0 Å². The van der Waals surface area contributed by atoms with Gasteiger partial charge in [-0.25, -0.2) is 12.8 Å². The zero-order valence-corrected chi connectivity index (χ0v) is 26.1. The maximum atomic E-state index is 14.4. The summed E-state index contributed by atoms with van der Waals surface area (Å²) in [5, 5.41) is 3.36. The van der Waals surface area contributed by atoms with Crippen molar-refractivity contribution < 1.29 is 22.4 Å². The van der Waals surface area contributed by atoms with Crippen molar-refractivity contribution in [3.05, 3.63) is 131 Å². The van der Waals surface area contributed by atoms with Gasteiger partial charge in [0.25, 0.3) is 10.0 Å². The summed E-state index contributed by atoms with van der Waals surface area (Å²) in [5.74, 6) is -1.40. The minimum absolute atomic E-state index is 0.0374. The number of para-hydroxylation sites is 1. The van der Waals surface area contributed by atoms with E-state index in [1.807, 2.05) is 44.2 Å². The van der Waals surface area contributed by atoms with E-state index in [9.17, 15) is 22.4 Å². The van der Waals surface area contributed by atoms with Gasteiger partial charge < -0.3 is 10.2 Å². The van der Waals surface area contributed by atoms with Crippen LogP contribution in [0.3, 0.4) is 0 Å². The fourth-order valence-corrected chi connectivity index (χ4v) is 6.25. The molecule has 1 atom stereocenters. The van der Waals surface area contributed by atoms with Gasteiger partial charge in [-0.3, -0.25) is 13.9 Å². The molecule has 0 heterocycles. The molecule has 0 spiro atoms. The van der Waals surface area contributed by atoms with Gasteiger partial charge in [-0.05, 0) is 59.5 Å². The predicted molar refractivity (Wildman–Crippen MR) is 171 cm³/mol. The van der Waals surface area contributed by atoms with E-state index in [-0.39, 0.29) is 35.4 Å². The van der Waals surface area contributed by atoms with Crippen LogP contribution in [-0.2, 0) is 32.6 Å². The summed E-state index contributed by atoms with van der Waals surface area (Å²) in [6.45, 7) is 3.68. The minimum atomic E-state index is -4.31. The van der Waals surface area contributed by atoms with Gasteiger partial charge in [-0.15, -0.1) is 0 Å². The molecule has 0 aromatic heterocycles. The average Bonchev–Trinajstić information content (AvgIpc) is 3.02. The highest BCUT2D eigenvalue weighted by Gasteiger charge is 2.35. The van der Waals surface area contributed by atoms with Crippen molar-refractivity contribution in [3.8, 4) is 0 Å². The molecule has 1 N–H and O–H groups in total. The second-order valence-electron chi connectivity index (χ2n) is 10.8. The Morgan fingerprint density at radius 1 is 0.841 bits per heavy atom. The molecule has 0 bridgehead atoms. The molecule has 0 aliphatic heterocycles. The number of carbonyl (C=O) groups excluding carboxylic acids is 2. The lowest BCUT2D eigenvalue weighted by atomic mass is 10.0. The van der Waals surface area contributed by atoms with Crippen LogP contribution < -0.4 is 9.62 Å². The molecule has 0 aliphatic carbocycles. The molecule has 4 rings (SSSR count). The maximum Gasteiger partial charge on any atom is 0.264 e. The van der Waals surface area contributed by atoms with Crippen molar-refractivity contribution in [3.63, 3.8) is 0 Å². The largest absolute Gasteiger partial charge is 0.354 e. The van der Waals surface area contributed by atoms with Crippen molar-refractivity contribution in [1.82, 2.24) is 10.2 Å². The van der Waals surface area contributed by atoms with Gasteiger partial charge in [-0.2, -0.15) is 0 Å². The molecule has 10 heteroatoms. The third kappa shape index (κ3) is 8.45. The lowest BCUT2D eigenvalue weighted by Crippen LogP contribution is -2.53. The van der Waals surface area contributed by atoms with Crippen molar-refractivity contribution in [1.29, 1.82) is 0 Å². The number of anilines is 1. The molecule has 0 aliphatic rings. The monoisotopic (exact) mass is 635 g/mol. The first-order valence-electron chi connectivity index (χ1n) is 14.2. The van der Waals surface area contributed by atoms with E-state index in [4.69, 9.17) is 11.6 Å². The van der Waals surface area contributed by atoms with Crippen molar-refractivity contribution >= 4 is 39.1 Å². The Kier molecular flexibility index (Phi) is 11.1. The summed E-state index contributed by atoms with van der Waals surface area (Å²) in [6.07, 6.45) is 0.191. The highest BCUT2D eigenvalue weighted by molar-refractivity contribution is 7.92. The van der Waals surface area contributed by atoms with Crippen LogP contribution in [0.5, 0.6) is 0 Å². The number of sulfonamides is 1. The summed E-state index contributed by atoms with van der Waals surface area (Å²) in [4.78, 5) is 29.4. The Hall–Kier alpha value is -4.21. The van der Waals surface area contributed by atoms with E-state index >= 15 is 0 Å². The molecule has 0 fully saturated rings. The van der Waals surface area contributed by atoms with Crippen LogP contribution in [0.25, 0.3) is 0 Å². The SMILES string of the molecule is CC(C)CNC(=O)[C@H](Cc1ccccc1)N(Cc1ccccc1Cl)C(=O)CN(c1ccccc1)S(=O)(=O)c1ccc(F)cc1. The lowest BCUT2D eigenvalue weighted by molar-refractivity contribution is -0.140. The number of hydrogen-bond donors (Lipinski definition) is 1. The van der Waals surface area contributed by atoms with Crippen LogP contribution in [0.4, 0.5) is 10.1 Å². The highest BCUT2D eigenvalue weighted by Crippen LogP contribution is 2.26. The number of carbonyl (C=O) groups is 2. The van der Waals surface area contributed by atoms with Crippen LogP contribution in [0.15, 0.2) is 114 Å². The predicted octanol–water partition coefficient (Wildman–Crippen LogP) is 6.09. The fraction of sp³-hybridized carbons (Fsp3) is 0.235. The lowest BCUT2D eigenvalue weighted by Gasteiger charge is -2.34. The van der Waals surface area contributed by atoms with Crippen molar-refractivity contribution in [2.45, 2.75) is 37.8 Å². The third-order valence-electron chi connectivity index (χ3n) is 6.98. The number of nitrogens with one attached hydrogen (secondary N) is 1. The molecule has 7 nitrogen and oxygen atoms in total. The molecule has 2 amide bonds. The normalized spacial score (nSPS) is 12.0. The number of halogens is 2. The fourth-order valence-electron chi connectivity index (χ4n) is 4.64. The molecule has 0 unspecified atom stereocenters. The zero-order chi connectivity index (χ0) is 31.7. The van der Waals surface area contributed by atoms with E-state index in [1.54, 1.807) is 54.6 Å². The minimum Gasteiger partial charge on any atom is -0.354 e. The molecule has 0 radical (unpaired) electrons. The maximum absolute atomic E-state index is 14.4. The number of benzene rings is 4. The molecule has 4 aromatic carbocycles. The number of amides is 2. The van der Waals surface area contributed by atoms with Crippen LogP contribution in [0, 0.1) is 11.7 Å². The number of nitrogens with zero attached hydrogens (tertiary/aromatic N) is 2. The van der Waals surface area contributed by atoms with Crippen LogP contribution >= 0.6 is 11.6 Å². The Labute approximate surface area is 263 Å². The third-order valence-corrected chi connectivity index (χ3v) is 9.14. The first-order valence-corrected chi connectivity index (χ1v) is 16.1. The highest BCUT2D eigenvalue weighted by atomic mass is 35.5. The molecular formula is C34H35ClFN3O4S. The molecule has 230 valence electrons. The molecule has 44 heavy (non-hydrogen) atoms. The zero-order valence-electron chi connectivity index (χ0n) is 24.6. The molecule has 4 aromatic rings. The van der Waals surface area contributed by atoms with Gasteiger partial charge in [0.1, 0.15) is 18.4 Å². The second kappa shape index (κ2) is 15.0. The summed E-state index contributed by atoms with van der Waals surface area (Å²) in [7, 11) is -4.31. The van der Waals surface area contributed by atoms with E-state index in [2.05, 4.69) is 5.32 Å². The molecule has 0 saturated heterocycles. The number of hydrogen-bond acceptors (Lipinski definition) is 4. The van der Waals surface area contributed by atoms with Crippen LogP contribution in [0.1, 0.15) is 25.0 Å². The Morgan fingerprint density at radius 3 is 2.05 bits per heavy atom. The van der Waals surface area contributed by atoms with E-state index in [1.165, 1.54) is 4.90 Å². The Balaban J connectivity index is 1.79. The van der Waals surface area contributed by atoms with Gasteiger partial charge in [0.05, 0.1) is 10.6 Å². The van der Waals surface area contributed by atoms with Crippen molar-refractivity contribution in [2.24, 2.45) is 5.92 Å². The Morgan fingerprint density at radius 2 is 1.43 bits per heavy atom. The second-order valence-corrected chi connectivity index (χ2v) is 13.0. The number of rotatable bonds is 13. The van der Waals surface area contributed by atoms with Crippen molar-refractivity contribution in [2.75, 3.05) is 17.4 Å². The standard InChI is InChI=1S/C34H35ClFN3O4S/c1-25(2)22-37-34(41)32(21-26-11-5-3-6-12-26)38(23-27-13-9-10-16-31(27)35)33(40)24-39(29-14-7-4-8-15-29)44(42,43)30-19-17-28(36)18-20-30/h3-20,25,32H,21-24H2,1-2H3,(H,37,41)/t32-/m0/s1. The van der Waals surface area contributed by atoms with E-state index in [0.717, 1.165) is 34.1 Å². The van der Waals surface area contributed by atoms with Gasteiger partial charge >= 0.3 is 0 Å².